The average Bonchev–Trinajstić information content (AvgIpc) is 3.50. The third kappa shape index (κ3) is 6.62. The summed E-state index contributed by atoms with van der Waals surface area (Å²) in [5.74, 6) is -2.23. The molecule has 0 radical (unpaired) electrons. The number of benzene rings is 2. The maximum absolute atomic E-state index is 13.7. The van der Waals surface area contributed by atoms with Crippen molar-refractivity contribution in [1.29, 1.82) is 0 Å². The first kappa shape index (κ1) is 28.9. The van der Waals surface area contributed by atoms with Gasteiger partial charge in [-0.3, -0.25) is 9.59 Å². The molecule has 1 aliphatic rings. The molecular formula is C29H34F3N3O3. The van der Waals surface area contributed by atoms with Crippen LogP contribution in [0.1, 0.15) is 69.5 Å². The molecule has 2 heterocycles. The van der Waals surface area contributed by atoms with Crippen LogP contribution < -0.4 is 5.32 Å². The number of carbonyl (C=O) groups excluding carboxylic acids is 2. The highest BCUT2D eigenvalue weighted by Gasteiger charge is 2.35. The zero-order valence-electron chi connectivity index (χ0n) is 22.3. The van der Waals surface area contributed by atoms with E-state index in [0.29, 0.717) is 18.2 Å². The van der Waals surface area contributed by atoms with Gasteiger partial charge in [-0.2, -0.15) is 0 Å². The van der Waals surface area contributed by atoms with E-state index in [1.54, 1.807) is 19.1 Å². The molecule has 6 nitrogen and oxygen atoms in total. The molecule has 2 amide bonds. The second-order valence-electron chi connectivity index (χ2n) is 9.96. The summed E-state index contributed by atoms with van der Waals surface area (Å²) in [5, 5.41) is 6.47. The van der Waals surface area contributed by atoms with Crippen LogP contribution in [-0.4, -0.2) is 35.0 Å². The fourth-order valence-electron chi connectivity index (χ4n) is 4.63. The van der Waals surface area contributed by atoms with Gasteiger partial charge in [-0.25, -0.2) is 13.2 Å². The Hall–Kier alpha value is -3.62. The van der Waals surface area contributed by atoms with Crippen molar-refractivity contribution in [2.45, 2.75) is 65.5 Å². The van der Waals surface area contributed by atoms with Gasteiger partial charge in [0.1, 0.15) is 17.5 Å². The molecule has 0 saturated carbocycles. The van der Waals surface area contributed by atoms with Gasteiger partial charge in [-0.1, -0.05) is 43.3 Å². The lowest BCUT2D eigenvalue weighted by Crippen LogP contribution is -2.38. The Morgan fingerprint density at radius 2 is 1.76 bits per heavy atom. The van der Waals surface area contributed by atoms with E-state index in [1.807, 2.05) is 17.9 Å². The minimum Gasteiger partial charge on any atom is -0.360 e. The number of hydrogen-bond acceptors (Lipinski definition) is 4. The first-order valence-corrected chi connectivity index (χ1v) is 12.7. The molecule has 0 aliphatic carbocycles. The number of aryl methyl sites for hydroxylation is 1. The van der Waals surface area contributed by atoms with E-state index in [1.165, 1.54) is 12.1 Å². The zero-order valence-corrected chi connectivity index (χ0v) is 22.3. The van der Waals surface area contributed by atoms with Crippen LogP contribution >= 0.6 is 0 Å². The Kier molecular flexibility index (Phi) is 9.72. The van der Waals surface area contributed by atoms with E-state index in [-0.39, 0.29) is 29.3 Å². The molecular weight excluding hydrogens is 495 g/mol. The standard InChI is InChI=1S/C15H12F3NO.C14H22N2O2/c1-9(19-8-20)10-2-4-11(5-3-10)14-12(16)6-7-13(17)15(14)18;1-9(2)13(12-8-10(3)15-18-12)14(17)16-7-5-6-11(16)4/h2-9H,1H3,(H,19,20);8-9,11,13H,5-7H2,1-4H3. The number of hydrogen-bond donors (Lipinski definition) is 1. The predicted octanol–water partition coefficient (Wildman–Crippen LogP) is 6.31. The summed E-state index contributed by atoms with van der Waals surface area (Å²) in [7, 11) is 0. The lowest BCUT2D eigenvalue weighted by Gasteiger charge is -2.27. The number of likely N-dealkylation sites (tertiary alicyclic amines) is 1. The van der Waals surface area contributed by atoms with Gasteiger partial charge >= 0.3 is 0 Å². The van der Waals surface area contributed by atoms with Crippen LogP contribution in [0.3, 0.4) is 0 Å². The summed E-state index contributed by atoms with van der Waals surface area (Å²) in [5.41, 5.74) is 1.45. The van der Waals surface area contributed by atoms with Gasteiger partial charge in [0.2, 0.25) is 12.3 Å². The molecule has 0 spiro atoms. The average molecular weight is 530 g/mol. The van der Waals surface area contributed by atoms with Crippen molar-refractivity contribution in [1.82, 2.24) is 15.4 Å². The number of amides is 2. The lowest BCUT2D eigenvalue weighted by molar-refractivity contribution is -0.134. The first-order chi connectivity index (χ1) is 18.0. The van der Waals surface area contributed by atoms with Gasteiger partial charge in [-0.05, 0) is 62.8 Å². The molecule has 3 atom stereocenters. The molecule has 38 heavy (non-hydrogen) atoms. The molecule has 3 aromatic rings. The number of rotatable bonds is 7. The van der Waals surface area contributed by atoms with E-state index in [2.05, 4.69) is 31.2 Å². The van der Waals surface area contributed by atoms with Crippen molar-refractivity contribution >= 4 is 12.3 Å². The molecule has 1 aliphatic heterocycles. The van der Waals surface area contributed by atoms with Gasteiger partial charge in [-0.15, -0.1) is 0 Å². The monoisotopic (exact) mass is 529 g/mol. The van der Waals surface area contributed by atoms with Crippen LogP contribution in [0.4, 0.5) is 13.2 Å². The molecule has 9 heteroatoms. The highest BCUT2D eigenvalue weighted by atomic mass is 19.2. The van der Waals surface area contributed by atoms with Gasteiger partial charge in [0.05, 0.1) is 17.3 Å². The second-order valence-corrected chi connectivity index (χ2v) is 9.96. The third-order valence-corrected chi connectivity index (χ3v) is 6.78. The van der Waals surface area contributed by atoms with E-state index >= 15 is 0 Å². The largest absolute Gasteiger partial charge is 0.360 e. The number of aromatic nitrogens is 1. The summed E-state index contributed by atoms with van der Waals surface area (Å²) in [4.78, 5) is 25.0. The maximum atomic E-state index is 13.7. The Morgan fingerprint density at radius 3 is 2.29 bits per heavy atom. The minimum absolute atomic E-state index is 0.186. The van der Waals surface area contributed by atoms with Crippen molar-refractivity contribution < 1.29 is 27.3 Å². The number of carbonyl (C=O) groups is 2. The van der Waals surface area contributed by atoms with Crippen molar-refractivity contribution in [2.75, 3.05) is 6.54 Å². The molecule has 204 valence electrons. The quantitative estimate of drug-likeness (QED) is 0.287. The molecule has 1 fully saturated rings. The smallest absolute Gasteiger partial charge is 0.233 e. The lowest BCUT2D eigenvalue weighted by atomic mass is 9.91. The molecule has 0 bridgehead atoms. The van der Waals surface area contributed by atoms with Gasteiger partial charge in [0, 0.05) is 18.7 Å². The van der Waals surface area contributed by atoms with Crippen LogP contribution in [0.2, 0.25) is 0 Å². The summed E-state index contributed by atoms with van der Waals surface area (Å²) in [6.07, 6.45) is 2.78. The number of halogens is 3. The van der Waals surface area contributed by atoms with Crippen LogP contribution in [0.25, 0.3) is 11.1 Å². The SMILES string of the molecule is CC(NC=O)c1ccc(-c2c(F)ccc(F)c2F)cc1.Cc1cc(C(C(=O)N2CCCC2C)C(C)C)on1. The summed E-state index contributed by atoms with van der Waals surface area (Å²) in [6.45, 7) is 10.8. The molecule has 2 aromatic carbocycles. The van der Waals surface area contributed by atoms with Crippen molar-refractivity contribution in [3.8, 4) is 11.1 Å². The Balaban J connectivity index is 0.000000212. The van der Waals surface area contributed by atoms with E-state index in [9.17, 15) is 22.8 Å². The van der Waals surface area contributed by atoms with E-state index in [4.69, 9.17) is 4.52 Å². The Labute approximate surface area is 221 Å². The number of nitrogens with one attached hydrogen (secondary N) is 1. The normalized spacial score (nSPS) is 16.6. The highest BCUT2D eigenvalue weighted by Crippen LogP contribution is 2.31. The third-order valence-electron chi connectivity index (χ3n) is 6.78. The van der Waals surface area contributed by atoms with Gasteiger partial charge in [0.15, 0.2) is 11.6 Å². The highest BCUT2D eigenvalue weighted by molar-refractivity contribution is 5.84. The molecule has 1 saturated heterocycles. The van der Waals surface area contributed by atoms with Crippen molar-refractivity contribution in [2.24, 2.45) is 5.92 Å². The predicted molar refractivity (Wildman–Crippen MR) is 139 cm³/mol. The molecule has 1 N–H and O–H groups in total. The fourth-order valence-corrected chi connectivity index (χ4v) is 4.63. The van der Waals surface area contributed by atoms with Crippen LogP contribution in [0.15, 0.2) is 47.0 Å². The van der Waals surface area contributed by atoms with Crippen LogP contribution in [0, 0.1) is 30.3 Å². The van der Waals surface area contributed by atoms with Gasteiger partial charge in [0.25, 0.3) is 0 Å². The molecule has 1 aromatic heterocycles. The van der Waals surface area contributed by atoms with Crippen molar-refractivity contribution in [3.05, 3.63) is 76.9 Å². The van der Waals surface area contributed by atoms with Crippen LogP contribution in [0.5, 0.6) is 0 Å². The topological polar surface area (TPSA) is 75.4 Å². The minimum atomic E-state index is -1.21. The molecule has 3 unspecified atom stereocenters. The summed E-state index contributed by atoms with van der Waals surface area (Å²) >= 11 is 0. The Morgan fingerprint density at radius 1 is 1.11 bits per heavy atom. The summed E-state index contributed by atoms with van der Waals surface area (Å²) in [6, 6.07) is 9.87. The molecule has 4 rings (SSSR count). The second kappa shape index (κ2) is 12.8. The van der Waals surface area contributed by atoms with E-state index in [0.717, 1.165) is 42.8 Å². The van der Waals surface area contributed by atoms with Crippen molar-refractivity contribution in [3.63, 3.8) is 0 Å². The van der Waals surface area contributed by atoms with E-state index < -0.39 is 23.0 Å². The zero-order chi connectivity index (χ0) is 28.0. The summed E-state index contributed by atoms with van der Waals surface area (Å²) < 4.78 is 45.8. The maximum Gasteiger partial charge on any atom is 0.233 e. The number of nitrogens with zero attached hydrogens (tertiary/aromatic N) is 2. The van der Waals surface area contributed by atoms with Crippen LogP contribution in [-0.2, 0) is 9.59 Å². The first-order valence-electron chi connectivity index (χ1n) is 12.7. The van der Waals surface area contributed by atoms with Gasteiger partial charge < -0.3 is 14.7 Å². The fraction of sp³-hybridized carbons (Fsp3) is 0.414. The Bertz CT molecular complexity index is 1240.